The van der Waals surface area contributed by atoms with Crippen molar-refractivity contribution in [2.45, 2.75) is 25.3 Å². The Kier molecular flexibility index (Phi) is 3.79. The lowest BCUT2D eigenvalue weighted by Gasteiger charge is -2.13. The molecule has 0 unspecified atom stereocenters. The van der Waals surface area contributed by atoms with Crippen molar-refractivity contribution >= 4 is 5.69 Å². The zero-order valence-corrected chi connectivity index (χ0v) is 12.1. The van der Waals surface area contributed by atoms with Gasteiger partial charge in [0, 0.05) is 6.54 Å². The van der Waals surface area contributed by atoms with Crippen LogP contribution in [-0.4, -0.2) is 7.11 Å². The van der Waals surface area contributed by atoms with Gasteiger partial charge in [0.25, 0.3) is 0 Å². The summed E-state index contributed by atoms with van der Waals surface area (Å²) >= 11 is 0. The number of anilines is 1. The highest BCUT2D eigenvalue weighted by Crippen LogP contribution is 2.40. The lowest BCUT2D eigenvalue weighted by atomic mass is 10.1. The number of rotatable bonds is 5. The molecule has 0 radical (unpaired) electrons. The van der Waals surface area contributed by atoms with Gasteiger partial charge in [0.1, 0.15) is 11.8 Å². The molecule has 21 heavy (non-hydrogen) atoms. The zero-order valence-electron chi connectivity index (χ0n) is 12.1. The van der Waals surface area contributed by atoms with E-state index >= 15 is 0 Å². The van der Waals surface area contributed by atoms with Crippen LogP contribution >= 0.6 is 0 Å². The van der Waals surface area contributed by atoms with Crippen molar-refractivity contribution in [3.8, 4) is 11.8 Å². The molecule has 3 heteroatoms. The molecule has 1 aliphatic carbocycles. The van der Waals surface area contributed by atoms with Crippen molar-refractivity contribution in [1.29, 1.82) is 5.26 Å². The van der Waals surface area contributed by atoms with Gasteiger partial charge >= 0.3 is 0 Å². The van der Waals surface area contributed by atoms with E-state index in [1.165, 1.54) is 24.0 Å². The first-order chi connectivity index (χ1) is 10.3. The van der Waals surface area contributed by atoms with Gasteiger partial charge < -0.3 is 10.1 Å². The van der Waals surface area contributed by atoms with Crippen LogP contribution in [0.4, 0.5) is 5.69 Å². The van der Waals surface area contributed by atoms with Crippen molar-refractivity contribution in [1.82, 2.24) is 0 Å². The molecule has 0 saturated heterocycles. The largest absolute Gasteiger partial charge is 0.495 e. The minimum absolute atomic E-state index is 0.601. The van der Waals surface area contributed by atoms with E-state index in [4.69, 9.17) is 4.74 Å². The maximum atomic E-state index is 9.19. The second-order valence-corrected chi connectivity index (χ2v) is 5.36. The van der Waals surface area contributed by atoms with Gasteiger partial charge in [0.05, 0.1) is 18.4 Å². The van der Waals surface area contributed by atoms with Crippen molar-refractivity contribution in [3.05, 3.63) is 59.2 Å². The number of hydrogen-bond acceptors (Lipinski definition) is 3. The minimum Gasteiger partial charge on any atom is -0.495 e. The molecule has 0 amide bonds. The average Bonchev–Trinajstić information content (AvgIpc) is 3.38. The van der Waals surface area contributed by atoms with Gasteiger partial charge in [-0.15, -0.1) is 0 Å². The van der Waals surface area contributed by atoms with Crippen LogP contribution in [0, 0.1) is 11.3 Å². The first-order valence-corrected chi connectivity index (χ1v) is 7.21. The molecule has 0 bridgehead atoms. The highest BCUT2D eigenvalue weighted by molar-refractivity contribution is 5.66. The Hall–Kier alpha value is -2.47. The first kappa shape index (κ1) is 13.5. The third-order valence-electron chi connectivity index (χ3n) is 3.86. The maximum Gasteiger partial charge on any atom is 0.143 e. The fraction of sp³-hybridized carbons (Fsp3) is 0.278. The Morgan fingerprint density at radius 1 is 1.19 bits per heavy atom. The number of nitrogens with zero attached hydrogens (tertiary/aromatic N) is 1. The van der Waals surface area contributed by atoms with E-state index in [0.29, 0.717) is 17.9 Å². The molecule has 1 aliphatic rings. The van der Waals surface area contributed by atoms with Crippen molar-refractivity contribution in [3.63, 3.8) is 0 Å². The Bertz CT molecular complexity index is 667. The Labute approximate surface area is 125 Å². The van der Waals surface area contributed by atoms with Gasteiger partial charge in [-0.1, -0.05) is 30.3 Å². The summed E-state index contributed by atoms with van der Waals surface area (Å²) < 4.78 is 5.32. The van der Waals surface area contributed by atoms with Gasteiger partial charge in [-0.05, 0) is 42.0 Å². The number of benzene rings is 2. The Morgan fingerprint density at radius 2 is 1.95 bits per heavy atom. The van der Waals surface area contributed by atoms with Gasteiger partial charge in [0.15, 0.2) is 0 Å². The topological polar surface area (TPSA) is 45.0 Å². The first-order valence-electron chi connectivity index (χ1n) is 7.21. The molecular weight excluding hydrogens is 260 g/mol. The van der Waals surface area contributed by atoms with Crippen LogP contribution in [0.15, 0.2) is 42.5 Å². The third-order valence-corrected chi connectivity index (χ3v) is 3.86. The molecule has 3 rings (SSSR count). The quantitative estimate of drug-likeness (QED) is 0.897. The monoisotopic (exact) mass is 278 g/mol. The Morgan fingerprint density at radius 3 is 2.57 bits per heavy atom. The minimum atomic E-state index is 0.601. The summed E-state index contributed by atoms with van der Waals surface area (Å²) in [6.45, 7) is 0.681. The second kappa shape index (κ2) is 5.88. The molecule has 3 nitrogen and oxygen atoms in total. The zero-order chi connectivity index (χ0) is 14.7. The Balaban J connectivity index is 1.73. The highest BCUT2D eigenvalue weighted by Gasteiger charge is 2.22. The standard InChI is InChI=1S/C18H18N2O/c1-21-17-4-2-3-16(11-19)18(17)20-12-13-5-7-14(8-6-13)15-9-10-15/h2-8,15,20H,9-10,12H2,1H3. The SMILES string of the molecule is COc1cccc(C#N)c1NCc1ccc(C2CC2)cc1. The van der Waals surface area contributed by atoms with Gasteiger partial charge in [0.2, 0.25) is 0 Å². The van der Waals surface area contributed by atoms with Crippen LogP contribution in [0.2, 0.25) is 0 Å². The normalized spacial score (nSPS) is 13.5. The number of ether oxygens (including phenoxy) is 1. The molecule has 0 aliphatic heterocycles. The van der Waals surface area contributed by atoms with Crippen molar-refractivity contribution in [2.24, 2.45) is 0 Å². The van der Waals surface area contributed by atoms with E-state index in [-0.39, 0.29) is 0 Å². The van der Waals surface area contributed by atoms with E-state index < -0.39 is 0 Å². The summed E-state index contributed by atoms with van der Waals surface area (Å²) in [5, 5.41) is 12.5. The number of hydrogen-bond donors (Lipinski definition) is 1. The van der Waals surface area contributed by atoms with Crippen LogP contribution < -0.4 is 10.1 Å². The van der Waals surface area contributed by atoms with E-state index in [1.807, 2.05) is 12.1 Å². The molecule has 2 aromatic rings. The fourth-order valence-electron chi connectivity index (χ4n) is 2.49. The molecule has 1 saturated carbocycles. The van der Waals surface area contributed by atoms with Gasteiger partial charge in [-0.25, -0.2) is 0 Å². The molecule has 0 aromatic heterocycles. The summed E-state index contributed by atoms with van der Waals surface area (Å²) in [4.78, 5) is 0. The second-order valence-electron chi connectivity index (χ2n) is 5.36. The van der Waals surface area contributed by atoms with Crippen molar-refractivity contribution in [2.75, 3.05) is 12.4 Å². The molecule has 2 aromatic carbocycles. The van der Waals surface area contributed by atoms with E-state index in [9.17, 15) is 5.26 Å². The molecular formula is C18H18N2O. The predicted molar refractivity (Wildman–Crippen MR) is 83.5 cm³/mol. The molecule has 0 spiro atoms. The summed E-state index contributed by atoms with van der Waals surface area (Å²) in [7, 11) is 1.62. The van der Waals surface area contributed by atoms with Gasteiger partial charge in [-0.2, -0.15) is 5.26 Å². The van der Waals surface area contributed by atoms with E-state index in [1.54, 1.807) is 13.2 Å². The predicted octanol–water partition coefficient (Wildman–Crippen LogP) is 4.06. The highest BCUT2D eigenvalue weighted by atomic mass is 16.5. The van der Waals surface area contributed by atoms with Crippen molar-refractivity contribution < 1.29 is 4.74 Å². The van der Waals surface area contributed by atoms with Crippen LogP contribution in [0.5, 0.6) is 5.75 Å². The average molecular weight is 278 g/mol. The lowest BCUT2D eigenvalue weighted by molar-refractivity contribution is 0.416. The van der Waals surface area contributed by atoms with Crippen LogP contribution in [0.25, 0.3) is 0 Å². The maximum absolute atomic E-state index is 9.19. The summed E-state index contributed by atoms with van der Waals surface area (Å²) in [5.74, 6) is 1.48. The van der Waals surface area contributed by atoms with E-state index in [2.05, 4.69) is 35.7 Å². The number of methoxy groups -OCH3 is 1. The molecule has 106 valence electrons. The molecule has 0 atom stereocenters. The van der Waals surface area contributed by atoms with E-state index in [0.717, 1.165) is 11.6 Å². The fourth-order valence-corrected chi connectivity index (χ4v) is 2.49. The third kappa shape index (κ3) is 3.00. The van der Waals surface area contributed by atoms with Gasteiger partial charge in [-0.3, -0.25) is 0 Å². The van der Waals surface area contributed by atoms with Crippen LogP contribution in [-0.2, 0) is 6.54 Å². The molecule has 1 N–H and O–H groups in total. The van der Waals surface area contributed by atoms with Crippen LogP contribution in [0.3, 0.4) is 0 Å². The number of nitriles is 1. The number of nitrogens with one attached hydrogen (secondary N) is 1. The van der Waals surface area contributed by atoms with Crippen LogP contribution in [0.1, 0.15) is 35.4 Å². The summed E-state index contributed by atoms with van der Waals surface area (Å²) in [6.07, 6.45) is 2.65. The smallest absolute Gasteiger partial charge is 0.143 e. The number of para-hydroxylation sites is 1. The summed E-state index contributed by atoms with van der Waals surface area (Å²) in [6, 6.07) is 16.4. The molecule has 1 fully saturated rings. The lowest BCUT2D eigenvalue weighted by Crippen LogP contribution is -2.03. The molecule has 0 heterocycles. The summed E-state index contributed by atoms with van der Waals surface area (Å²) in [5.41, 5.74) is 4.00.